The molecule has 0 saturated carbocycles. The van der Waals surface area contributed by atoms with Gasteiger partial charge in [0.05, 0.1) is 5.71 Å². The molecular formula is C11H10N2O2. The summed E-state index contributed by atoms with van der Waals surface area (Å²) in [6.07, 6.45) is 0. The van der Waals surface area contributed by atoms with Crippen molar-refractivity contribution in [1.29, 1.82) is 0 Å². The summed E-state index contributed by atoms with van der Waals surface area (Å²) in [6.45, 7) is 1.59. The summed E-state index contributed by atoms with van der Waals surface area (Å²) < 4.78 is 0. The predicted octanol–water partition coefficient (Wildman–Crippen LogP) is 1.02. The topological polar surface area (TPSA) is 72.5 Å². The monoisotopic (exact) mass is 202 g/mol. The second-order valence-corrected chi connectivity index (χ2v) is 3.48. The minimum atomic E-state index is -0.813. The molecule has 1 aromatic rings. The Labute approximate surface area is 86.8 Å². The number of benzene rings is 1. The van der Waals surface area contributed by atoms with Crippen molar-refractivity contribution >= 4 is 17.3 Å². The first-order valence-electron chi connectivity index (χ1n) is 4.58. The fourth-order valence-corrected chi connectivity index (χ4v) is 1.80. The fourth-order valence-electron chi connectivity index (χ4n) is 1.80. The van der Waals surface area contributed by atoms with Gasteiger partial charge in [0.15, 0.2) is 11.6 Å². The highest BCUT2D eigenvalue weighted by molar-refractivity contribution is 6.36. The van der Waals surface area contributed by atoms with E-state index < -0.39 is 5.92 Å². The van der Waals surface area contributed by atoms with Crippen LogP contribution in [0.2, 0.25) is 0 Å². The molecule has 76 valence electrons. The first-order chi connectivity index (χ1) is 7.16. The van der Waals surface area contributed by atoms with Crippen molar-refractivity contribution < 1.29 is 9.59 Å². The molecule has 0 saturated heterocycles. The van der Waals surface area contributed by atoms with Gasteiger partial charge in [0, 0.05) is 11.1 Å². The number of nitrogens with zero attached hydrogens (tertiary/aromatic N) is 1. The van der Waals surface area contributed by atoms with Crippen LogP contribution in [0.3, 0.4) is 0 Å². The summed E-state index contributed by atoms with van der Waals surface area (Å²) in [5.74, 6) is 3.87. The first kappa shape index (κ1) is 9.58. The van der Waals surface area contributed by atoms with Gasteiger partial charge in [-0.25, -0.2) is 0 Å². The van der Waals surface area contributed by atoms with Gasteiger partial charge in [-0.15, -0.1) is 0 Å². The van der Waals surface area contributed by atoms with Gasteiger partial charge in [-0.05, 0) is 6.92 Å². The Morgan fingerprint density at radius 2 is 1.67 bits per heavy atom. The number of carbonyl (C=O) groups is 2. The Morgan fingerprint density at radius 1 is 1.20 bits per heavy atom. The van der Waals surface area contributed by atoms with Crippen molar-refractivity contribution in [3.8, 4) is 0 Å². The molecule has 0 atom stereocenters. The van der Waals surface area contributed by atoms with E-state index in [4.69, 9.17) is 5.84 Å². The Balaban J connectivity index is 2.55. The number of nitrogens with two attached hydrogens (primary N) is 1. The molecule has 0 spiro atoms. The van der Waals surface area contributed by atoms with Gasteiger partial charge in [0.2, 0.25) is 0 Å². The summed E-state index contributed by atoms with van der Waals surface area (Å²) in [6, 6.07) is 6.78. The molecule has 0 amide bonds. The maximum Gasteiger partial charge on any atom is 0.180 e. The normalized spacial score (nSPS) is 17.0. The molecule has 0 radical (unpaired) electrons. The van der Waals surface area contributed by atoms with Crippen LogP contribution in [0, 0.1) is 5.92 Å². The van der Waals surface area contributed by atoms with Crippen molar-refractivity contribution in [2.75, 3.05) is 0 Å². The lowest BCUT2D eigenvalue weighted by atomic mass is 9.99. The third-order valence-corrected chi connectivity index (χ3v) is 2.60. The van der Waals surface area contributed by atoms with E-state index in [0.717, 1.165) is 0 Å². The van der Waals surface area contributed by atoms with Crippen LogP contribution in [0.1, 0.15) is 27.6 Å². The predicted molar refractivity (Wildman–Crippen MR) is 55.9 cm³/mol. The lowest BCUT2D eigenvalue weighted by molar-refractivity contribution is 0.0883. The Hall–Kier alpha value is -1.97. The molecule has 1 aliphatic carbocycles. The summed E-state index contributed by atoms with van der Waals surface area (Å²) in [4.78, 5) is 23.7. The lowest BCUT2D eigenvalue weighted by Crippen LogP contribution is -2.24. The molecule has 2 N–H and O–H groups in total. The smallest absolute Gasteiger partial charge is 0.180 e. The third-order valence-electron chi connectivity index (χ3n) is 2.60. The fraction of sp³-hybridized carbons (Fsp3) is 0.182. The Morgan fingerprint density at radius 3 is 2.07 bits per heavy atom. The van der Waals surface area contributed by atoms with Gasteiger partial charge in [-0.2, -0.15) is 5.10 Å². The van der Waals surface area contributed by atoms with Crippen molar-refractivity contribution in [3.63, 3.8) is 0 Å². The zero-order valence-corrected chi connectivity index (χ0v) is 8.23. The quantitative estimate of drug-likeness (QED) is 0.320. The lowest BCUT2D eigenvalue weighted by Gasteiger charge is -2.03. The highest BCUT2D eigenvalue weighted by Crippen LogP contribution is 2.27. The van der Waals surface area contributed by atoms with E-state index in [2.05, 4.69) is 5.10 Å². The number of hydrogen-bond acceptors (Lipinski definition) is 4. The highest BCUT2D eigenvalue weighted by Gasteiger charge is 2.39. The molecule has 1 aromatic carbocycles. The van der Waals surface area contributed by atoms with Gasteiger partial charge < -0.3 is 5.84 Å². The van der Waals surface area contributed by atoms with Gasteiger partial charge in [-0.3, -0.25) is 9.59 Å². The number of ketones is 2. The number of Topliss-reactive ketones (excluding diaryl/α,β-unsaturated/α-hetero) is 2. The van der Waals surface area contributed by atoms with E-state index in [0.29, 0.717) is 16.8 Å². The molecule has 1 aliphatic rings. The second-order valence-electron chi connectivity index (χ2n) is 3.48. The molecule has 4 nitrogen and oxygen atoms in total. The van der Waals surface area contributed by atoms with Gasteiger partial charge in [0.1, 0.15) is 5.92 Å². The van der Waals surface area contributed by atoms with Crippen LogP contribution in [0.4, 0.5) is 0 Å². The Bertz CT molecular complexity index is 442. The van der Waals surface area contributed by atoms with Crippen LogP contribution in [-0.4, -0.2) is 17.3 Å². The van der Waals surface area contributed by atoms with E-state index in [1.54, 1.807) is 31.2 Å². The zero-order chi connectivity index (χ0) is 11.0. The number of carbonyl (C=O) groups excluding carboxylic acids is 2. The van der Waals surface area contributed by atoms with E-state index in [-0.39, 0.29) is 11.6 Å². The van der Waals surface area contributed by atoms with Crippen LogP contribution >= 0.6 is 0 Å². The average Bonchev–Trinajstić information content (AvgIpc) is 2.52. The standard InChI is InChI=1S/C11H10N2O2/c1-6(13-12)9-10(14)7-4-2-3-5-8(7)11(9)15/h2-5,9H,12H2,1H3/b13-6+. The van der Waals surface area contributed by atoms with Gasteiger partial charge >= 0.3 is 0 Å². The van der Waals surface area contributed by atoms with E-state index in [1.165, 1.54) is 0 Å². The number of fused-ring (bicyclic) bond motifs is 1. The van der Waals surface area contributed by atoms with Crippen LogP contribution in [0.5, 0.6) is 0 Å². The molecular weight excluding hydrogens is 192 g/mol. The average molecular weight is 202 g/mol. The largest absolute Gasteiger partial charge is 0.323 e. The molecule has 4 heteroatoms. The van der Waals surface area contributed by atoms with Crippen molar-refractivity contribution in [2.24, 2.45) is 16.9 Å². The SMILES string of the molecule is C/C(=N\N)C1C(=O)c2ccccc2C1=O. The molecule has 0 heterocycles. The second kappa shape index (κ2) is 3.31. The zero-order valence-electron chi connectivity index (χ0n) is 8.23. The number of hydrogen-bond donors (Lipinski definition) is 1. The van der Waals surface area contributed by atoms with Crippen molar-refractivity contribution in [1.82, 2.24) is 0 Å². The van der Waals surface area contributed by atoms with Crippen LogP contribution in [-0.2, 0) is 0 Å². The summed E-state index contributed by atoms with van der Waals surface area (Å²) in [5.41, 5.74) is 1.30. The summed E-state index contributed by atoms with van der Waals surface area (Å²) >= 11 is 0. The highest BCUT2D eigenvalue weighted by atomic mass is 16.2. The molecule has 0 unspecified atom stereocenters. The number of rotatable bonds is 1. The van der Waals surface area contributed by atoms with Crippen molar-refractivity contribution in [2.45, 2.75) is 6.92 Å². The molecule has 15 heavy (non-hydrogen) atoms. The Kier molecular flexibility index (Phi) is 2.11. The summed E-state index contributed by atoms with van der Waals surface area (Å²) in [7, 11) is 0. The minimum absolute atomic E-state index is 0.206. The van der Waals surface area contributed by atoms with Crippen molar-refractivity contribution in [3.05, 3.63) is 35.4 Å². The molecule has 2 rings (SSSR count). The maximum atomic E-state index is 11.9. The van der Waals surface area contributed by atoms with E-state index in [9.17, 15) is 9.59 Å². The van der Waals surface area contributed by atoms with Crippen LogP contribution in [0.25, 0.3) is 0 Å². The minimum Gasteiger partial charge on any atom is -0.323 e. The molecule has 0 fully saturated rings. The third kappa shape index (κ3) is 1.26. The van der Waals surface area contributed by atoms with E-state index in [1.807, 2.05) is 0 Å². The van der Waals surface area contributed by atoms with Crippen LogP contribution in [0.15, 0.2) is 29.4 Å². The molecule has 0 aromatic heterocycles. The van der Waals surface area contributed by atoms with Crippen LogP contribution < -0.4 is 5.84 Å². The molecule has 0 bridgehead atoms. The molecule has 0 aliphatic heterocycles. The maximum absolute atomic E-state index is 11.9. The van der Waals surface area contributed by atoms with Gasteiger partial charge in [0.25, 0.3) is 0 Å². The van der Waals surface area contributed by atoms with E-state index >= 15 is 0 Å². The van der Waals surface area contributed by atoms with Gasteiger partial charge in [-0.1, -0.05) is 24.3 Å². The first-order valence-corrected chi connectivity index (χ1v) is 4.58. The summed E-state index contributed by atoms with van der Waals surface area (Å²) in [5, 5.41) is 3.43. The number of hydrazone groups is 1.